The van der Waals surface area contributed by atoms with E-state index in [9.17, 15) is 0 Å². The van der Waals surface area contributed by atoms with Crippen molar-refractivity contribution >= 4 is 6.16 Å². The van der Waals surface area contributed by atoms with Crippen LogP contribution in [0.25, 0.3) is 0 Å². The predicted octanol–water partition coefficient (Wildman–Crippen LogP) is -0.0616. The van der Waals surface area contributed by atoms with E-state index in [4.69, 9.17) is 25.8 Å². The minimum absolute atomic E-state index is 0.0486. The molecule has 0 aliphatic carbocycles. The summed E-state index contributed by atoms with van der Waals surface area (Å²) in [5.41, 5.74) is 4.88. The van der Waals surface area contributed by atoms with E-state index < -0.39 is 11.7 Å². The molecule has 5 N–H and O–H groups in total. The molecule has 0 saturated heterocycles. The second-order valence-electron chi connectivity index (χ2n) is 2.43. The van der Waals surface area contributed by atoms with E-state index in [1.54, 1.807) is 13.8 Å². The molecule has 0 rings (SSSR count). The molecule has 0 aromatic carbocycles. The Kier molecular flexibility index (Phi) is 5.98. The molecule has 0 bridgehead atoms. The Balaban J connectivity index is 0. The molecule has 10 heavy (non-hydrogen) atoms. The molecule has 0 aromatic rings. The van der Waals surface area contributed by atoms with Gasteiger partial charge in [0.2, 0.25) is 0 Å². The Hall–Kier alpha value is -0.810. The summed E-state index contributed by atoms with van der Waals surface area (Å²) in [6.45, 7) is 3.59. The molecular formula is C5H13NO4. The third-order valence-corrected chi connectivity index (χ3v) is 0.408. The molecule has 5 heteroatoms. The lowest BCUT2D eigenvalue weighted by atomic mass is 10.1. The summed E-state index contributed by atoms with van der Waals surface area (Å²) in [7, 11) is 0. The van der Waals surface area contributed by atoms with E-state index >= 15 is 0 Å². The van der Waals surface area contributed by atoms with Gasteiger partial charge in [0, 0.05) is 5.54 Å². The Morgan fingerprint density at radius 2 is 1.60 bits per heavy atom. The van der Waals surface area contributed by atoms with Gasteiger partial charge in [0.15, 0.2) is 0 Å². The van der Waals surface area contributed by atoms with Crippen LogP contribution in [0.5, 0.6) is 0 Å². The molecule has 0 amide bonds. The number of aliphatic hydroxyl groups is 1. The van der Waals surface area contributed by atoms with Gasteiger partial charge in [0.25, 0.3) is 0 Å². The van der Waals surface area contributed by atoms with Crippen molar-refractivity contribution in [2.45, 2.75) is 19.4 Å². The monoisotopic (exact) mass is 151 g/mol. The summed E-state index contributed by atoms with van der Waals surface area (Å²) in [6.07, 6.45) is -1.83. The van der Waals surface area contributed by atoms with Gasteiger partial charge in [-0.25, -0.2) is 4.79 Å². The van der Waals surface area contributed by atoms with E-state index in [0.29, 0.717) is 0 Å². The van der Waals surface area contributed by atoms with Gasteiger partial charge in [-0.2, -0.15) is 0 Å². The van der Waals surface area contributed by atoms with Crippen molar-refractivity contribution < 1.29 is 20.1 Å². The smallest absolute Gasteiger partial charge is 0.450 e. The Morgan fingerprint density at radius 3 is 1.60 bits per heavy atom. The quantitative estimate of drug-likeness (QED) is 0.420. The molecule has 0 saturated carbocycles. The predicted molar refractivity (Wildman–Crippen MR) is 36.0 cm³/mol. The van der Waals surface area contributed by atoms with Gasteiger partial charge in [-0.1, -0.05) is 0 Å². The summed E-state index contributed by atoms with van der Waals surface area (Å²) < 4.78 is 0. The van der Waals surface area contributed by atoms with Crippen LogP contribution in [0, 0.1) is 0 Å². The van der Waals surface area contributed by atoms with Gasteiger partial charge in [-0.05, 0) is 13.8 Å². The molecule has 5 nitrogen and oxygen atoms in total. The van der Waals surface area contributed by atoms with E-state index in [1.807, 2.05) is 0 Å². The van der Waals surface area contributed by atoms with E-state index in [0.717, 1.165) is 0 Å². The lowest BCUT2D eigenvalue weighted by molar-refractivity contribution is 0.137. The van der Waals surface area contributed by atoms with Gasteiger partial charge in [0.1, 0.15) is 0 Å². The van der Waals surface area contributed by atoms with Crippen LogP contribution >= 0.6 is 0 Å². The maximum atomic E-state index is 8.56. The number of aliphatic hydroxyl groups excluding tert-OH is 1. The summed E-state index contributed by atoms with van der Waals surface area (Å²) in [5.74, 6) is 0. The van der Waals surface area contributed by atoms with Crippen LogP contribution in [0.3, 0.4) is 0 Å². The average Bonchev–Trinajstić information content (AvgIpc) is 1.63. The van der Waals surface area contributed by atoms with Crippen molar-refractivity contribution in [1.29, 1.82) is 0 Å². The van der Waals surface area contributed by atoms with Gasteiger partial charge in [-0.3, -0.25) is 0 Å². The summed E-state index contributed by atoms with van der Waals surface area (Å²) >= 11 is 0. The molecule has 0 aliphatic rings. The molecule has 0 unspecified atom stereocenters. The van der Waals surface area contributed by atoms with Crippen LogP contribution in [-0.2, 0) is 0 Å². The Bertz CT molecular complexity index is 92.3. The Labute approximate surface area is 59.1 Å². The minimum atomic E-state index is -1.83. The van der Waals surface area contributed by atoms with Crippen molar-refractivity contribution in [2.75, 3.05) is 6.61 Å². The third-order valence-electron chi connectivity index (χ3n) is 0.408. The first kappa shape index (κ1) is 11.9. The van der Waals surface area contributed by atoms with Gasteiger partial charge in [-0.15, -0.1) is 0 Å². The molecular weight excluding hydrogens is 138 g/mol. The summed E-state index contributed by atoms with van der Waals surface area (Å²) in [6, 6.07) is 0. The van der Waals surface area contributed by atoms with Crippen LogP contribution in [0.15, 0.2) is 0 Å². The largest absolute Gasteiger partial charge is 0.503 e. The fraction of sp³-hybridized carbons (Fsp3) is 0.800. The highest BCUT2D eigenvalue weighted by Gasteiger charge is 2.05. The highest BCUT2D eigenvalue weighted by molar-refractivity contribution is 5.53. The minimum Gasteiger partial charge on any atom is -0.450 e. The van der Waals surface area contributed by atoms with Crippen LogP contribution in [0.2, 0.25) is 0 Å². The molecule has 0 aromatic heterocycles. The fourth-order valence-corrected chi connectivity index (χ4v) is 0. The van der Waals surface area contributed by atoms with Crippen LogP contribution < -0.4 is 5.73 Å². The second-order valence-corrected chi connectivity index (χ2v) is 2.43. The maximum absolute atomic E-state index is 8.56. The normalized spacial score (nSPS) is 9.60. The Morgan fingerprint density at radius 1 is 1.50 bits per heavy atom. The van der Waals surface area contributed by atoms with Crippen LogP contribution in [0.4, 0.5) is 4.79 Å². The summed E-state index contributed by atoms with van der Waals surface area (Å²) in [4.78, 5) is 8.56. The van der Waals surface area contributed by atoms with Crippen LogP contribution in [-0.4, -0.2) is 33.6 Å². The van der Waals surface area contributed by atoms with Crippen molar-refractivity contribution in [3.8, 4) is 0 Å². The molecule has 0 fully saturated rings. The van der Waals surface area contributed by atoms with Gasteiger partial charge in [0.05, 0.1) is 6.61 Å². The van der Waals surface area contributed by atoms with E-state index in [1.165, 1.54) is 0 Å². The number of carbonyl (C=O) groups is 1. The first-order valence-corrected chi connectivity index (χ1v) is 2.61. The van der Waals surface area contributed by atoms with Crippen molar-refractivity contribution in [2.24, 2.45) is 5.73 Å². The average molecular weight is 151 g/mol. The molecule has 0 heterocycles. The second kappa shape index (κ2) is 5.01. The molecule has 0 atom stereocenters. The first-order valence-electron chi connectivity index (χ1n) is 2.61. The van der Waals surface area contributed by atoms with E-state index in [2.05, 4.69) is 0 Å². The number of rotatable bonds is 1. The summed E-state index contributed by atoms with van der Waals surface area (Å²) in [5, 5.41) is 22.2. The lowest BCUT2D eigenvalue weighted by Crippen LogP contribution is -2.35. The molecule has 0 aliphatic heterocycles. The fourth-order valence-electron chi connectivity index (χ4n) is 0. The van der Waals surface area contributed by atoms with Crippen molar-refractivity contribution in [1.82, 2.24) is 0 Å². The maximum Gasteiger partial charge on any atom is 0.503 e. The highest BCUT2D eigenvalue weighted by atomic mass is 16.6. The number of nitrogens with two attached hydrogens (primary N) is 1. The van der Waals surface area contributed by atoms with Crippen molar-refractivity contribution in [3.63, 3.8) is 0 Å². The van der Waals surface area contributed by atoms with Crippen molar-refractivity contribution in [3.05, 3.63) is 0 Å². The number of hydrogen-bond acceptors (Lipinski definition) is 3. The third kappa shape index (κ3) is 57.4. The number of hydrogen-bond donors (Lipinski definition) is 4. The van der Waals surface area contributed by atoms with Gasteiger partial charge >= 0.3 is 6.16 Å². The topological polar surface area (TPSA) is 104 Å². The SMILES string of the molecule is CC(C)(N)CO.O=C(O)O. The zero-order valence-electron chi connectivity index (χ0n) is 6.03. The molecule has 0 radical (unpaired) electrons. The van der Waals surface area contributed by atoms with Crippen LogP contribution in [0.1, 0.15) is 13.8 Å². The zero-order valence-corrected chi connectivity index (χ0v) is 6.03. The molecule has 62 valence electrons. The highest BCUT2D eigenvalue weighted by Crippen LogP contribution is 1.89. The standard InChI is InChI=1S/C4H11NO.CH2O3/c1-4(2,5)3-6;2-1(3)4/h6H,3,5H2,1-2H3;(H2,2,3,4). The lowest BCUT2D eigenvalue weighted by Gasteiger charge is -2.12. The van der Waals surface area contributed by atoms with E-state index in [-0.39, 0.29) is 6.61 Å². The van der Waals surface area contributed by atoms with Gasteiger partial charge < -0.3 is 21.1 Å². The number of carboxylic acid groups (broad SMARTS) is 2. The zero-order chi connectivity index (χ0) is 8.78. The first-order chi connectivity index (χ1) is 4.29. The molecule has 0 spiro atoms.